The normalized spacial score (nSPS) is 11.3. The SMILES string of the molecule is Cc1cc(NS(=O)(=O)c2ccc(Cl)c([N+](=O)[O-])c2)no1. The zero-order valence-electron chi connectivity index (χ0n) is 10.0. The molecule has 106 valence electrons. The zero-order chi connectivity index (χ0) is 14.9. The van der Waals surface area contributed by atoms with Crippen molar-refractivity contribution in [2.24, 2.45) is 0 Å². The number of sulfonamides is 1. The highest BCUT2D eigenvalue weighted by Crippen LogP contribution is 2.27. The van der Waals surface area contributed by atoms with Gasteiger partial charge in [-0.25, -0.2) is 8.42 Å². The van der Waals surface area contributed by atoms with E-state index in [2.05, 4.69) is 9.88 Å². The van der Waals surface area contributed by atoms with E-state index in [0.717, 1.165) is 18.2 Å². The van der Waals surface area contributed by atoms with E-state index in [1.54, 1.807) is 6.92 Å². The number of aromatic nitrogens is 1. The van der Waals surface area contributed by atoms with Crippen LogP contribution in [0.2, 0.25) is 5.02 Å². The van der Waals surface area contributed by atoms with Gasteiger partial charge in [0.25, 0.3) is 15.7 Å². The van der Waals surface area contributed by atoms with E-state index in [0.29, 0.717) is 5.76 Å². The molecule has 0 spiro atoms. The molecule has 20 heavy (non-hydrogen) atoms. The molecule has 8 nitrogen and oxygen atoms in total. The van der Waals surface area contributed by atoms with Gasteiger partial charge in [0.1, 0.15) is 10.8 Å². The Labute approximate surface area is 118 Å². The number of halogens is 1. The van der Waals surface area contributed by atoms with Crippen LogP contribution in [0.4, 0.5) is 11.5 Å². The van der Waals surface area contributed by atoms with Crippen molar-refractivity contribution in [1.82, 2.24) is 5.16 Å². The summed E-state index contributed by atoms with van der Waals surface area (Å²) in [5.74, 6) is 0.407. The molecule has 1 heterocycles. The molecule has 0 bridgehead atoms. The molecular formula is C10H8ClN3O5S. The average molecular weight is 318 g/mol. The summed E-state index contributed by atoms with van der Waals surface area (Å²) in [5, 5.41) is 14.1. The number of nitrogens with one attached hydrogen (secondary N) is 1. The summed E-state index contributed by atoms with van der Waals surface area (Å²) in [5.41, 5.74) is -0.495. The number of anilines is 1. The number of nitro groups is 1. The van der Waals surface area contributed by atoms with Crippen LogP contribution in [-0.2, 0) is 10.0 Å². The number of aryl methyl sites for hydroxylation is 1. The van der Waals surface area contributed by atoms with E-state index in [4.69, 9.17) is 16.1 Å². The summed E-state index contributed by atoms with van der Waals surface area (Å²) >= 11 is 5.62. The molecule has 0 aliphatic rings. The van der Waals surface area contributed by atoms with E-state index < -0.39 is 20.6 Å². The van der Waals surface area contributed by atoms with Crippen molar-refractivity contribution in [3.63, 3.8) is 0 Å². The summed E-state index contributed by atoms with van der Waals surface area (Å²) in [6.45, 7) is 1.60. The van der Waals surface area contributed by atoms with E-state index in [9.17, 15) is 18.5 Å². The molecular weight excluding hydrogens is 310 g/mol. The molecule has 0 saturated heterocycles. The van der Waals surface area contributed by atoms with Crippen molar-refractivity contribution in [2.45, 2.75) is 11.8 Å². The lowest BCUT2D eigenvalue weighted by molar-refractivity contribution is -0.384. The Morgan fingerprint density at radius 3 is 2.65 bits per heavy atom. The minimum absolute atomic E-state index is 0.0138. The minimum Gasteiger partial charge on any atom is -0.360 e. The second-order valence-electron chi connectivity index (χ2n) is 3.80. The van der Waals surface area contributed by atoms with Gasteiger partial charge in [-0.05, 0) is 19.1 Å². The maximum atomic E-state index is 12.0. The first kappa shape index (κ1) is 14.3. The maximum Gasteiger partial charge on any atom is 0.289 e. The molecule has 0 unspecified atom stereocenters. The molecule has 0 amide bonds. The van der Waals surface area contributed by atoms with Crippen LogP contribution < -0.4 is 4.72 Å². The first-order valence-electron chi connectivity index (χ1n) is 5.20. The number of rotatable bonds is 4. The van der Waals surface area contributed by atoms with Crippen LogP contribution in [0.25, 0.3) is 0 Å². The Bertz CT molecular complexity index is 771. The average Bonchev–Trinajstić information content (AvgIpc) is 2.73. The fraction of sp³-hybridized carbons (Fsp3) is 0.100. The Balaban J connectivity index is 2.39. The zero-order valence-corrected chi connectivity index (χ0v) is 11.6. The van der Waals surface area contributed by atoms with Gasteiger partial charge < -0.3 is 4.52 Å². The van der Waals surface area contributed by atoms with Gasteiger partial charge in [0.05, 0.1) is 9.82 Å². The van der Waals surface area contributed by atoms with Gasteiger partial charge in [-0.3, -0.25) is 14.8 Å². The quantitative estimate of drug-likeness (QED) is 0.683. The van der Waals surface area contributed by atoms with Crippen molar-refractivity contribution >= 4 is 33.1 Å². The second-order valence-corrected chi connectivity index (χ2v) is 5.89. The number of benzene rings is 1. The van der Waals surface area contributed by atoms with Crippen LogP contribution in [0.5, 0.6) is 0 Å². The highest BCUT2D eigenvalue weighted by Gasteiger charge is 2.21. The molecule has 0 saturated carbocycles. The minimum atomic E-state index is -4.01. The van der Waals surface area contributed by atoms with E-state index in [1.165, 1.54) is 6.07 Å². The monoisotopic (exact) mass is 317 g/mol. The first-order chi connectivity index (χ1) is 9.29. The van der Waals surface area contributed by atoms with Crippen LogP contribution >= 0.6 is 11.6 Å². The standard InChI is InChI=1S/C10H8ClN3O5S/c1-6-4-10(12-19-6)13-20(17,18)7-2-3-8(11)9(5-7)14(15)16/h2-5H,1H3,(H,12,13). The lowest BCUT2D eigenvalue weighted by atomic mass is 10.3. The molecule has 0 atom stereocenters. The smallest absolute Gasteiger partial charge is 0.289 e. The highest BCUT2D eigenvalue weighted by molar-refractivity contribution is 7.92. The third kappa shape index (κ3) is 2.89. The maximum absolute atomic E-state index is 12.0. The molecule has 1 N–H and O–H groups in total. The molecule has 1 aromatic carbocycles. The fourth-order valence-corrected chi connectivity index (χ4v) is 2.60. The lowest BCUT2D eigenvalue weighted by Crippen LogP contribution is -2.13. The Morgan fingerprint density at radius 1 is 1.40 bits per heavy atom. The second kappa shape index (κ2) is 5.10. The van der Waals surface area contributed by atoms with Gasteiger partial charge in [-0.1, -0.05) is 16.8 Å². The van der Waals surface area contributed by atoms with E-state index >= 15 is 0 Å². The molecule has 1 aromatic heterocycles. The molecule has 10 heteroatoms. The lowest BCUT2D eigenvalue weighted by Gasteiger charge is -2.05. The summed E-state index contributed by atoms with van der Waals surface area (Å²) in [6.07, 6.45) is 0. The number of hydrogen-bond donors (Lipinski definition) is 1. The molecule has 0 aliphatic heterocycles. The summed E-state index contributed by atoms with van der Waals surface area (Å²) in [7, 11) is -4.01. The molecule has 2 rings (SSSR count). The summed E-state index contributed by atoms with van der Waals surface area (Å²) < 4.78 is 30.9. The van der Waals surface area contributed by atoms with Gasteiger partial charge in [0.2, 0.25) is 0 Å². The van der Waals surface area contributed by atoms with Crippen molar-refractivity contribution in [3.05, 3.63) is 45.2 Å². The van der Waals surface area contributed by atoms with Crippen LogP contribution in [-0.4, -0.2) is 18.5 Å². The number of nitrogens with zero attached hydrogens (tertiary/aromatic N) is 2. The molecule has 0 aliphatic carbocycles. The Hall–Kier alpha value is -2.13. The third-order valence-electron chi connectivity index (χ3n) is 2.29. The van der Waals surface area contributed by atoms with Gasteiger partial charge >= 0.3 is 0 Å². The first-order valence-corrected chi connectivity index (χ1v) is 7.06. The number of hydrogen-bond acceptors (Lipinski definition) is 6. The molecule has 0 radical (unpaired) electrons. The summed E-state index contributed by atoms with van der Waals surface area (Å²) in [6, 6.07) is 4.55. The van der Waals surface area contributed by atoms with E-state index in [-0.39, 0.29) is 15.7 Å². The van der Waals surface area contributed by atoms with Crippen molar-refractivity contribution in [2.75, 3.05) is 4.72 Å². The van der Waals surface area contributed by atoms with Gasteiger partial charge in [0, 0.05) is 12.1 Å². The Kier molecular flexibility index (Phi) is 3.64. The van der Waals surface area contributed by atoms with Crippen LogP contribution in [0.1, 0.15) is 5.76 Å². The van der Waals surface area contributed by atoms with Gasteiger partial charge in [-0.2, -0.15) is 0 Å². The van der Waals surface area contributed by atoms with E-state index in [1.807, 2.05) is 0 Å². The van der Waals surface area contributed by atoms with Crippen molar-refractivity contribution in [3.8, 4) is 0 Å². The summed E-state index contributed by atoms with van der Waals surface area (Å²) in [4.78, 5) is 9.68. The highest BCUT2D eigenvalue weighted by atomic mass is 35.5. The van der Waals surface area contributed by atoms with Crippen molar-refractivity contribution in [1.29, 1.82) is 0 Å². The number of nitro benzene ring substituents is 1. The predicted molar refractivity (Wildman–Crippen MR) is 70.2 cm³/mol. The van der Waals surface area contributed by atoms with Gasteiger partial charge in [0.15, 0.2) is 5.82 Å². The molecule has 2 aromatic rings. The van der Waals surface area contributed by atoms with Crippen LogP contribution in [0.3, 0.4) is 0 Å². The largest absolute Gasteiger partial charge is 0.360 e. The third-order valence-corrected chi connectivity index (χ3v) is 3.96. The van der Waals surface area contributed by atoms with Crippen LogP contribution in [0, 0.1) is 17.0 Å². The Morgan fingerprint density at radius 2 is 2.10 bits per heavy atom. The fourth-order valence-electron chi connectivity index (χ4n) is 1.41. The predicted octanol–water partition coefficient (Wildman–Crippen LogP) is 2.35. The van der Waals surface area contributed by atoms with Crippen molar-refractivity contribution < 1.29 is 17.9 Å². The van der Waals surface area contributed by atoms with Crippen LogP contribution in [0.15, 0.2) is 33.7 Å². The molecule has 0 fully saturated rings. The topological polar surface area (TPSA) is 115 Å². The van der Waals surface area contributed by atoms with Gasteiger partial charge in [-0.15, -0.1) is 0 Å².